The maximum atomic E-state index is 6.15. The third kappa shape index (κ3) is 5.13. The highest BCUT2D eigenvalue weighted by molar-refractivity contribution is 5.79. The van der Waals surface area contributed by atoms with E-state index >= 15 is 0 Å². The highest BCUT2D eigenvalue weighted by Crippen LogP contribution is 2.31. The Labute approximate surface area is 144 Å². The fourth-order valence-corrected chi connectivity index (χ4v) is 2.90. The number of guanidine groups is 1. The minimum atomic E-state index is 0.168. The summed E-state index contributed by atoms with van der Waals surface area (Å²) in [7, 11) is 1.81. The normalized spacial score (nSPS) is 20.9. The molecule has 0 radical (unpaired) electrons. The van der Waals surface area contributed by atoms with E-state index in [4.69, 9.17) is 9.47 Å². The molecule has 5 nitrogen and oxygen atoms in total. The Morgan fingerprint density at radius 1 is 1.29 bits per heavy atom. The molecule has 1 saturated carbocycles. The van der Waals surface area contributed by atoms with E-state index in [1.54, 1.807) is 0 Å². The van der Waals surface area contributed by atoms with Crippen molar-refractivity contribution in [1.82, 2.24) is 10.6 Å². The molecule has 5 heteroatoms. The number of hydrogen-bond acceptors (Lipinski definition) is 3. The van der Waals surface area contributed by atoms with Crippen molar-refractivity contribution in [3.8, 4) is 5.75 Å². The molecular weight excluding hydrogens is 302 g/mol. The molecule has 1 heterocycles. The van der Waals surface area contributed by atoms with Crippen LogP contribution in [0.2, 0.25) is 0 Å². The second-order valence-corrected chi connectivity index (χ2v) is 6.80. The molecule has 132 valence electrons. The molecule has 2 N–H and O–H groups in total. The van der Waals surface area contributed by atoms with Crippen LogP contribution in [0.3, 0.4) is 0 Å². The van der Waals surface area contributed by atoms with Gasteiger partial charge in [0.25, 0.3) is 0 Å². The zero-order valence-corrected chi connectivity index (χ0v) is 14.8. The molecule has 2 fully saturated rings. The summed E-state index contributed by atoms with van der Waals surface area (Å²) in [5.74, 6) is 2.74. The monoisotopic (exact) mass is 331 g/mol. The second-order valence-electron chi connectivity index (χ2n) is 6.80. The van der Waals surface area contributed by atoms with Crippen molar-refractivity contribution >= 4 is 5.96 Å². The van der Waals surface area contributed by atoms with Crippen molar-refractivity contribution in [2.24, 2.45) is 10.9 Å². The van der Waals surface area contributed by atoms with Crippen molar-refractivity contribution in [1.29, 1.82) is 0 Å². The standard InChI is InChI=1S/C19H29N3O2/c1-14-3-6-16(18(11-14)24-17-8-10-23-13-17)12-22-19(20-2)21-9-7-15-4-5-15/h3,6,11,15,17H,4-5,7-10,12-13H2,1-2H3,(H2,20,21,22). The van der Waals surface area contributed by atoms with Gasteiger partial charge in [-0.2, -0.15) is 0 Å². The van der Waals surface area contributed by atoms with Gasteiger partial charge in [0, 0.05) is 32.1 Å². The van der Waals surface area contributed by atoms with Crippen LogP contribution in [-0.2, 0) is 11.3 Å². The molecule has 0 bridgehead atoms. The molecule has 2 aliphatic rings. The third-order valence-electron chi connectivity index (χ3n) is 4.62. The molecule has 1 aromatic rings. The lowest BCUT2D eigenvalue weighted by Crippen LogP contribution is -2.37. The largest absolute Gasteiger partial charge is 0.488 e. The lowest BCUT2D eigenvalue weighted by molar-refractivity contribution is 0.140. The predicted octanol–water partition coefficient (Wildman–Crippen LogP) is 2.63. The molecule has 1 atom stereocenters. The van der Waals surface area contributed by atoms with Crippen LogP contribution >= 0.6 is 0 Å². The SMILES string of the molecule is CN=C(NCCC1CC1)NCc1ccc(C)cc1OC1CCOC1. The van der Waals surface area contributed by atoms with Gasteiger partial charge in [0.2, 0.25) is 0 Å². The van der Waals surface area contributed by atoms with Gasteiger partial charge < -0.3 is 20.1 Å². The summed E-state index contributed by atoms with van der Waals surface area (Å²) in [6, 6.07) is 6.36. The van der Waals surface area contributed by atoms with Crippen molar-refractivity contribution < 1.29 is 9.47 Å². The summed E-state index contributed by atoms with van der Waals surface area (Å²) in [5.41, 5.74) is 2.36. The minimum Gasteiger partial charge on any atom is -0.488 e. The van der Waals surface area contributed by atoms with Crippen LogP contribution < -0.4 is 15.4 Å². The number of rotatable bonds is 7. The quantitative estimate of drug-likeness (QED) is 0.596. The van der Waals surface area contributed by atoms with E-state index in [1.807, 2.05) is 7.05 Å². The molecule has 24 heavy (non-hydrogen) atoms. The molecule has 1 aliphatic heterocycles. The van der Waals surface area contributed by atoms with Gasteiger partial charge in [-0.05, 0) is 30.9 Å². The van der Waals surface area contributed by atoms with Crippen molar-refractivity contribution in [2.45, 2.75) is 45.3 Å². The average Bonchev–Trinajstić information content (AvgIpc) is 3.26. The van der Waals surface area contributed by atoms with Gasteiger partial charge in [0.15, 0.2) is 5.96 Å². The molecule has 1 aromatic carbocycles. The van der Waals surface area contributed by atoms with E-state index in [9.17, 15) is 0 Å². The van der Waals surface area contributed by atoms with Crippen molar-refractivity contribution in [3.05, 3.63) is 29.3 Å². The Balaban J connectivity index is 1.54. The Morgan fingerprint density at radius 3 is 2.88 bits per heavy atom. The Morgan fingerprint density at radius 2 is 2.17 bits per heavy atom. The summed E-state index contributed by atoms with van der Waals surface area (Å²) in [4.78, 5) is 4.30. The first-order valence-electron chi connectivity index (χ1n) is 9.03. The Bertz CT molecular complexity index is 564. The molecule has 3 rings (SSSR count). The first-order chi connectivity index (χ1) is 11.7. The fraction of sp³-hybridized carbons (Fsp3) is 0.632. The van der Waals surface area contributed by atoms with Crippen molar-refractivity contribution in [3.63, 3.8) is 0 Å². The smallest absolute Gasteiger partial charge is 0.191 e. The number of ether oxygens (including phenoxy) is 2. The number of aryl methyl sites for hydroxylation is 1. The van der Waals surface area contributed by atoms with Gasteiger partial charge in [-0.3, -0.25) is 4.99 Å². The van der Waals surface area contributed by atoms with Gasteiger partial charge in [0.1, 0.15) is 11.9 Å². The summed E-state index contributed by atoms with van der Waals surface area (Å²) in [6.45, 7) is 5.26. The summed E-state index contributed by atoms with van der Waals surface area (Å²) in [6.07, 6.45) is 5.15. The number of nitrogens with one attached hydrogen (secondary N) is 2. The first kappa shape index (κ1) is 17.1. The van der Waals surface area contributed by atoms with Gasteiger partial charge in [0.05, 0.1) is 13.2 Å². The predicted molar refractivity (Wildman–Crippen MR) is 96.6 cm³/mol. The zero-order valence-electron chi connectivity index (χ0n) is 14.8. The van der Waals surface area contributed by atoms with E-state index in [-0.39, 0.29) is 6.10 Å². The highest BCUT2D eigenvalue weighted by Gasteiger charge is 2.20. The van der Waals surface area contributed by atoms with E-state index in [2.05, 4.69) is 40.7 Å². The van der Waals surface area contributed by atoms with E-state index in [1.165, 1.54) is 24.8 Å². The number of hydrogen-bond donors (Lipinski definition) is 2. The molecular formula is C19H29N3O2. The van der Waals surface area contributed by atoms with Crippen LogP contribution in [0.25, 0.3) is 0 Å². The number of benzene rings is 1. The number of nitrogens with zero attached hydrogens (tertiary/aromatic N) is 1. The molecule has 1 saturated heterocycles. The summed E-state index contributed by atoms with van der Waals surface area (Å²) < 4.78 is 11.6. The highest BCUT2D eigenvalue weighted by atomic mass is 16.5. The van der Waals surface area contributed by atoms with E-state index in [0.717, 1.165) is 42.8 Å². The van der Waals surface area contributed by atoms with E-state index < -0.39 is 0 Å². The maximum Gasteiger partial charge on any atom is 0.191 e. The molecule has 1 aliphatic carbocycles. The number of aliphatic imine (C=N–C) groups is 1. The van der Waals surface area contributed by atoms with Crippen LogP contribution in [0.5, 0.6) is 5.75 Å². The molecule has 0 amide bonds. The average molecular weight is 331 g/mol. The van der Waals surface area contributed by atoms with Gasteiger partial charge in [-0.1, -0.05) is 25.0 Å². The van der Waals surface area contributed by atoms with Crippen LogP contribution in [0, 0.1) is 12.8 Å². The van der Waals surface area contributed by atoms with Crippen LogP contribution in [0.15, 0.2) is 23.2 Å². The van der Waals surface area contributed by atoms with Crippen LogP contribution in [0.4, 0.5) is 0 Å². The Hall–Kier alpha value is -1.75. The van der Waals surface area contributed by atoms with Crippen LogP contribution in [0.1, 0.15) is 36.8 Å². The topological polar surface area (TPSA) is 54.9 Å². The second kappa shape index (κ2) is 8.38. The minimum absolute atomic E-state index is 0.168. The Kier molecular flexibility index (Phi) is 5.96. The fourth-order valence-electron chi connectivity index (χ4n) is 2.90. The van der Waals surface area contributed by atoms with Crippen molar-refractivity contribution in [2.75, 3.05) is 26.8 Å². The lowest BCUT2D eigenvalue weighted by Gasteiger charge is -2.18. The van der Waals surface area contributed by atoms with E-state index in [0.29, 0.717) is 13.2 Å². The molecule has 0 aromatic heterocycles. The maximum absolute atomic E-state index is 6.15. The van der Waals surface area contributed by atoms with Gasteiger partial charge in [-0.15, -0.1) is 0 Å². The summed E-state index contributed by atoms with van der Waals surface area (Å²) in [5, 5.41) is 6.79. The molecule has 1 unspecified atom stereocenters. The van der Waals surface area contributed by atoms with Gasteiger partial charge in [-0.25, -0.2) is 0 Å². The van der Waals surface area contributed by atoms with Crippen LogP contribution in [-0.4, -0.2) is 38.9 Å². The zero-order chi connectivity index (χ0) is 16.8. The third-order valence-corrected chi connectivity index (χ3v) is 4.62. The molecule has 0 spiro atoms. The van der Waals surface area contributed by atoms with Gasteiger partial charge >= 0.3 is 0 Å². The lowest BCUT2D eigenvalue weighted by atomic mass is 10.1. The summed E-state index contributed by atoms with van der Waals surface area (Å²) >= 11 is 0. The first-order valence-corrected chi connectivity index (χ1v) is 9.03.